The number of aliphatic hydroxyl groups is 1. The molecule has 0 fully saturated rings. The topological polar surface area (TPSA) is 77.9 Å². The predicted molar refractivity (Wildman–Crippen MR) is 97.2 cm³/mol. The Labute approximate surface area is 151 Å². The smallest absolute Gasteiger partial charge is 0.212 e. The van der Waals surface area contributed by atoms with Gasteiger partial charge in [-0.2, -0.15) is 0 Å². The van der Waals surface area contributed by atoms with Crippen molar-refractivity contribution in [1.29, 1.82) is 0 Å². The molecule has 0 aliphatic carbocycles. The second-order valence-corrected chi connectivity index (χ2v) is 5.60. The molecule has 0 aliphatic heterocycles. The minimum absolute atomic E-state index is 0.202. The van der Waals surface area contributed by atoms with Crippen LogP contribution in [0.4, 0.5) is 0 Å². The summed E-state index contributed by atoms with van der Waals surface area (Å²) >= 11 is 0. The molecule has 0 saturated heterocycles. The number of ketones is 1. The fourth-order valence-electron chi connectivity index (χ4n) is 2.83. The van der Waals surface area contributed by atoms with Gasteiger partial charge in [0.1, 0.15) is 11.4 Å². The Balaban J connectivity index is 2.23. The third kappa shape index (κ3) is 3.07. The summed E-state index contributed by atoms with van der Waals surface area (Å²) in [5, 5.41) is 10.9. The first-order valence-corrected chi connectivity index (χ1v) is 7.96. The number of benzene rings is 2. The molecule has 1 N–H and O–H groups in total. The van der Waals surface area contributed by atoms with Gasteiger partial charge in [0.05, 0.1) is 27.9 Å². The highest BCUT2D eigenvalue weighted by molar-refractivity contribution is 6.15. The quantitative estimate of drug-likeness (QED) is 0.687. The molecule has 1 heterocycles. The summed E-state index contributed by atoms with van der Waals surface area (Å²) in [6.07, 6.45) is 1.50. The van der Waals surface area contributed by atoms with E-state index in [1.165, 1.54) is 20.4 Å². The Morgan fingerprint density at radius 1 is 1.00 bits per heavy atom. The third-order valence-electron chi connectivity index (χ3n) is 4.19. The number of hydrogen-bond donors (Lipinski definition) is 1. The van der Waals surface area contributed by atoms with Crippen molar-refractivity contribution < 1.29 is 24.1 Å². The van der Waals surface area contributed by atoms with E-state index in [0.717, 1.165) is 0 Å². The van der Waals surface area contributed by atoms with E-state index in [1.54, 1.807) is 43.5 Å². The highest BCUT2D eigenvalue weighted by atomic mass is 16.5. The molecule has 0 unspecified atom stereocenters. The second kappa shape index (κ2) is 7.41. The van der Waals surface area contributed by atoms with Crippen LogP contribution >= 0.6 is 0 Å². The van der Waals surface area contributed by atoms with Gasteiger partial charge in [0.2, 0.25) is 5.78 Å². The highest BCUT2D eigenvalue weighted by Crippen LogP contribution is 2.35. The van der Waals surface area contributed by atoms with Crippen LogP contribution in [0.25, 0.3) is 10.8 Å². The molecule has 26 heavy (non-hydrogen) atoms. The maximum Gasteiger partial charge on any atom is 0.212 e. The van der Waals surface area contributed by atoms with Gasteiger partial charge >= 0.3 is 0 Å². The summed E-state index contributed by atoms with van der Waals surface area (Å²) in [7, 11) is 4.60. The molecule has 2 aromatic carbocycles. The van der Waals surface area contributed by atoms with Gasteiger partial charge in [-0.1, -0.05) is 12.1 Å². The number of aromatic nitrogens is 1. The van der Waals surface area contributed by atoms with E-state index < -0.39 is 0 Å². The van der Waals surface area contributed by atoms with Crippen LogP contribution < -0.4 is 14.2 Å². The molecule has 0 amide bonds. The highest BCUT2D eigenvalue weighted by Gasteiger charge is 2.19. The zero-order valence-corrected chi connectivity index (χ0v) is 14.8. The van der Waals surface area contributed by atoms with Gasteiger partial charge < -0.3 is 19.3 Å². The van der Waals surface area contributed by atoms with E-state index in [2.05, 4.69) is 4.98 Å². The first kappa shape index (κ1) is 17.7. The maximum absolute atomic E-state index is 13.0. The van der Waals surface area contributed by atoms with Crippen LogP contribution in [-0.4, -0.2) is 37.2 Å². The van der Waals surface area contributed by atoms with Crippen molar-refractivity contribution in [3.05, 3.63) is 59.4 Å². The number of fused-ring (bicyclic) bond motifs is 1. The monoisotopic (exact) mass is 353 g/mol. The molecule has 0 aliphatic rings. The van der Waals surface area contributed by atoms with E-state index in [1.807, 2.05) is 0 Å². The number of pyridine rings is 1. The maximum atomic E-state index is 13.0. The fourth-order valence-corrected chi connectivity index (χ4v) is 2.83. The van der Waals surface area contributed by atoms with Crippen LogP contribution in [0, 0.1) is 0 Å². The van der Waals surface area contributed by atoms with Crippen molar-refractivity contribution >= 4 is 16.6 Å². The Morgan fingerprint density at radius 3 is 2.31 bits per heavy atom. The summed E-state index contributed by atoms with van der Waals surface area (Å²) in [4.78, 5) is 17.3. The zero-order valence-electron chi connectivity index (χ0n) is 14.8. The number of ether oxygens (including phenoxy) is 3. The number of hydrogen-bond acceptors (Lipinski definition) is 6. The number of aliphatic hydroxyl groups excluding tert-OH is 1. The summed E-state index contributed by atoms with van der Waals surface area (Å²) in [5.74, 6) is 1.34. The van der Waals surface area contributed by atoms with Crippen molar-refractivity contribution in [2.24, 2.45) is 0 Å². The molecule has 0 radical (unpaired) electrons. The van der Waals surface area contributed by atoms with Crippen molar-refractivity contribution in [1.82, 2.24) is 4.98 Å². The van der Waals surface area contributed by atoms with Crippen LogP contribution in [0.15, 0.2) is 42.6 Å². The molecule has 3 aromatic rings. The second-order valence-electron chi connectivity index (χ2n) is 5.60. The van der Waals surface area contributed by atoms with Crippen molar-refractivity contribution in [3.63, 3.8) is 0 Å². The molecule has 3 rings (SSSR count). The number of nitrogens with zero attached hydrogens (tertiary/aromatic N) is 1. The summed E-state index contributed by atoms with van der Waals surface area (Å²) in [5.41, 5.74) is 1.33. The largest absolute Gasteiger partial charge is 0.497 e. The average Bonchev–Trinajstić information content (AvgIpc) is 2.71. The van der Waals surface area contributed by atoms with Crippen LogP contribution in [0.1, 0.15) is 21.6 Å². The lowest BCUT2D eigenvalue weighted by Crippen LogP contribution is -2.07. The Morgan fingerprint density at radius 2 is 1.69 bits per heavy atom. The lowest BCUT2D eigenvalue weighted by molar-refractivity contribution is 0.103. The SMILES string of the molecule is COc1cccc(C(=O)c2ncc(CO)c3cc(OC)c(OC)cc23)c1. The standard InChI is InChI=1S/C20H19NO5/c1-24-14-6-4-5-12(7-14)20(23)19-16-9-18(26-3)17(25-2)8-15(16)13(11-22)10-21-19/h4-10,22H,11H2,1-3H3. The molecule has 6 nitrogen and oxygen atoms in total. The molecular formula is C20H19NO5. The normalized spacial score (nSPS) is 10.6. The lowest BCUT2D eigenvalue weighted by Gasteiger charge is -2.13. The van der Waals surface area contributed by atoms with E-state index in [4.69, 9.17) is 14.2 Å². The summed E-state index contributed by atoms with van der Waals surface area (Å²) in [6, 6.07) is 10.3. The predicted octanol–water partition coefficient (Wildman–Crippen LogP) is 2.98. The average molecular weight is 353 g/mol. The van der Waals surface area contributed by atoms with E-state index in [9.17, 15) is 9.90 Å². The van der Waals surface area contributed by atoms with Gasteiger partial charge in [0.15, 0.2) is 11.5 Å². The van der Waals surface area contributed by atoms with Crippen molar-refractivity contribution in [3.8, 4) is 17.2 Å². The molecule has 0 atom stereocenters. The van der Waals surface area contributed by atoms with Gasteiger partial charge in [-0.25, -0.2) is 0 Å². The zero-order chi connectivity index (χ0) is 18.7. The minimum Gasteiger partial charge on any atom is -0.497 e. The first-order chi connectivity index (χ1) is 12.6. The first-order valence-electron chi connectivity index (χ1n) is 7.96. The molecule has 0 saturated carbocycles. The van der Waals surface area contributed by atoms with Gasteiger partial charge in [-0.15, -0.1) is 0 Å². The van der Waals surface area contributed by atoms with Gasteiger partial charge in [0.25, 0.3) is 0 Å². The van der Waals surface area contributed by atoms with Crippen LogP contribution in [0.2, 0.25) is 0 Å². The summed E-state index contributed by atoms with van der Waals surface area (Å²) < 4.78 is 15.9. The molecular weight excluding hydrogens is 334 g/mol. The number of rotatable bonds is 6. The van der Waals surface area contributed by atoms with Gasteiger partial charge in [-0.3, -0.25) is 9.78 Å². The Bertz CT molecular complexity index is 968. The van der Waals surface area contributed by atoms with E-state index in [-0.39, 0.29) is 18.1 Å². The fraction of sp³-hybridized carbons (Fsp3) is 0.200. The molecule has 0 spiro atoms. The summed E-state index contributed by atoms with van der Waals surface area (Å²) in [6.45, 7) is -0.202. The van der Waals surface area contributed by atoms with Crippen LogP contribution in [-0.2, 0) is 6.61 Å². The molecule has 1 aromatic heterocycles. The molecule has 0 bridgehead atoms. The lowest BCUT2D eigenvalue weighted by atomic mass is 9.99. The minimum atomic E-state index is -0.245. The third-order valence-corrected chi connectivity index (χ3v) is 4.19. The van der Waals surface area contributed by atoms with Crippen LogP contribution in [0.3, 0.4) is 0 Å². The van der Waals surface area contributed by atoms with E-state index >= 15 is 0 Å². The number of carbonyl (C=O) groups is 1. The van der Waals surface area contributed by atoms with Crippen molar-refractivity contribution in [2.45, 2.75) is 6.61 Å². The van der Waals surface area contributed by atoms with Gasteiger partial charge in [-0.05, 0) is 29.7 Å². The number of methoxy groups -OCH3 is 3. The number of carbonyl (C=O) groups excluding carboxylic acids is 1. The Hall–Kier alpha value is -3.12. The Kier molecular flexibility index (Phi) is 5.04. The van der Waals surface area contributed by atoms with Crippen LogP contribution in [0.5, 0.6) is 17.2 Å². The van der Waals surface area contributed by atoms with Gasteiger partial charge in [0, 0.05) is 22.7 Å². The molecule has 6 heteroatoms. The van der Waals surface area contributed by atoms with E-state index in [0.29, 0.717) is 39.1 Å². The molecule has 134 valence electrons. The van der Waals surface area contributed by atoms with Crippen molar-refractivity contribution in [2.75, 3.05) is 21.3 Å².